The van der Waals surface area contributed by atoms with Gasteiger partial charge in [-0.3, -0.25) is 4.98 Å². The van der Waals surface area contributed by atoms with Crippen LogP contribution in [-0.4, -0.2) is 19.7 Å². The van der Waals surface area contributed by atoms with Crippen LogP contribution in [0.3, 0.4) is 0 Å². The molecule has 2 heterocycles. The number of nitrogens with zero attached hydrogens (tertiary/aromatic N) is 3. The molecule has 0 aliphatic carbocycles. The van der Waals surface area contributed by atoms with Crippen molar-refractivity contribution in [2.24, 2.45) is 0 Å². The molecule has 1 unspecified atom stereocenters. The van der Waals surface area contributed by atoms with Gasteiger partial charge >= 0.3 is 0 Å². The molecule has 2 rings (SSSR count). The fraction of sp³-hybridized carbons (Fsp3) is 0.455. The van der Waals surface area contributed by atoms with E-state index in [0.717, 1.165) is 30.3 Å². The van der Waals surface area contributed by atoms with E-state index in [0.29, 0.717) is 0 Å². The summed E-state index contributed by atoms with van der Waals surface area (Å²) < 4.78 is 1.73. The van der Waals surface area contributed by atoms with Crippen LogP contribution < -0.4 is 0 Å². The van der Waals surface area contributed by atoms with E-state index in [-0.39, 0.29) is 0 Å². The van der Waals surface area contributed by atoms with Gasteiger partial charge in [-0.05, 0) is 6.42 Å². The number of aliphatic hydroxyl groups is 1. The minimum atomic E-state index is -0.424. The summed E-state index contributed by atoms with van der Waals surface area (Å²) in [6.45, 7) is 2.12. The molecule has 80 valence electrons. The number of fused-ring (bicyclic) bond motifs is 1. The van der Waals surface area contributed by atoms with Crippen molar-refractivity contribution in [3.63, 3.8) is 0 Å². The monoisotopic (exact) mass is 205 g/mol. The Morgan fingerprint density at radius 2 is 2.33 bits per heavy atom. The highest BCUT2D eigenvalue weighted by Gasteiger charge is 2.12. The molecule has 0 aromatic carbocycles. The lowest BCUT2D eigenvalue weighted by Crippen LogP contribution is -1.97. The Labute approximate surface area is 88.6 Å². The first-order valence-corrected chi connectivity index (χ1v) is 5.28. The van der Waals surface area contributed by atoms with Gasteiger partial charge in [0.2, 0.25) is 0 Å². The van der Waals surface area contributed by atoms with Crippen LogP contribution in [0.25, 0.3) is 5.52 Å². The molecule has 0 radical (unpaired) electrons. The molecule has 2 aromatic heterocycles. The Balaban J connectivity index is 2.27. The Bertz CT molecular complexity index is 438. The molecule has 4 heteroatoms. The van der Waals surface area contributed by atoms with E-state index < -0.39 is 6.10 Å². The molecule has 1 N–H and O–H groups in total. The minimum absolute atomic E-state index is 0.424. The van der Waals surface area contributed by atoms with Crippen LogP contribution >= 0.6 is 0 Å². The lowest BCUT2D eigenvalue weighted by molar-refractivity contribution is 0.165. The molecule has 1 atom stereocenters. The van der Waals surface area contributed by atoms with Gasteiger partial charge in [0.1, 0.15) is 0 Å². The normalized spacial score (nSPS) is 13.2. The first-order valence-electron chi connectivity index (χ1n) is 5.28. The molecular weight excluding hydrogens is 190 g/mol. The third kappa shape index (κ3) is 1.99. The summed E-state index contributed by atoms with van der Waals surface area (Å²) in [4.78, 5) is 4.04. The molecule has 2 aromatic rings. The van der Waals surface area contributed by atoms with Gasteiger partial charge in [-0.2, -0.15) is 5.10 Å². The van der Waals surface area contributed by atoms with Crippen LogP contribution in [0, 0.1) is 0 Å². The second-order valence-corrected chi connectivity index (χ2v) is 3.66. The van der Waals surface area contributed by atoms with Crippen molar-refractivity contribution in [1.82, 2.24) is 14.6 Å². The third-order valence-electron chi connectivity index (χ3n) is 2.54. The van der Waals surface area contributed by atoms with Crippen LogP contribution in [0.1, 0.15) is 37.9 Å². The summed E-state index contributed by atoms with van der Waals surface area (Å²) in [5.74, 6) is 0. The molecule has 0 aliphatic heterocycles. The maximum atomic E-state index is 9.96. The third-order valence-corrected chi connectivity index (χ3v) is 2.54. The van der Waals surface area contributed by atoms with Crippen molar-refractivity contribution in [2.75, 3.05) is 0 Å². The molecule has 15 heavy (non-hydrogen) atoms. The minimum Gasteiger partial charge on any atom is -0.388 e. The van der Waals surface area contributed by atoms with Crippen LogP contribution in [0.15, 0.2) is 24.8 Å². The van der Waals surface area contributed by atoms with Gasteiger partial charge in [0.25, 0.3) is 0 Å². The standard InChI is InChI=1S/C11H15N3O/c1-2-3-4-11(15)9-7-13-14-6-5-12-8-10(9)14/h5-8,11,15H,2-4H2,1H3. The maximum Gasteiger partial charge on any atom is 0.0902 e. The highest BCUT2D eigenvalue weighted by molar-refractivity contribution is 5.52. The SMILES string of the molecule is CCCCC(O)c1cnn2ccncc12. The van der Waals surface area contributed by atoms with Gasteiger partial charge in [-0.1, -0.05) is 19.8 Å². The average Bonchev–Trinajstić information content (AvgIpc) is 2.69. The van der Waals surface area contributed by atoms with E-state index in [1.165, 1.54) is 0 Å². The van der Waals surface area contributed by atoms with Gasteiger partial charge in [0.05, 0.1) is 24.0 Å². The number of hydrogen-bond donors (Lipinski definition) is 1. The summed E-state index contributed by atoms with van der Waals surface area (Å²) in [5.41, 5.74) is 1.76. The highest BCUT2D eigenvalue weighted by atomic mass is 16.3. The summed E-state index contributed by atoms with van der Waals surface area (Å²) in [5, 5.41) is 14.1. The summed E-state index contributed by atoms with van der Waals surface area (Å²) in [7, 11) is 0. The topological polar surface area (TPSA) is 50.4 Å². The number of rotatable bonds is 4. The molecule has 0 fully saturated rings. The summed E-state index contributed by atoms with van der Waals surface area (Å²) in [6, 6.07) is 0. The van der Waals surface area contributed by atoms with Gasteiger partial charge in [-0.25, -0.2) is 4.52 Å². The van der Waals surface area contributed by atoms with Gasteiger partial charge in [0, 0.05) is 18.0 Å². The van der Waals surface area contributed by atoms with Crippen molar-refractivity contribution in [1.29, 1.82) is 0 Å². The Morgan fingerprint density at radius 3 is 3.13 bits per heavy atom. The Hall–Kier alpha value is -1.42. The van der Waals surface area contributed by atoms with Crippen molar-refractivity contribution in [3.05, 3.63) is 30.4 Å². The molecular formula is C11H15N3O. The molecule has 4 nitrogen and oxygen atoms in total. The van der Waals surface area contributed by atoms with Crippen LogP contribution in [-0.2, 0) is 0 Å². The smallest absolute Gasteiger partial charge is 0.0902 e. The zero-order chi connectivity index (χ0) is 10.7. The largest absolute Gasteiger partial charge is 0.388 e. The van der Waals surface area contributed by atoms with E-state index >= 15 is 0 Å². The molecule has 0 aliphatic rings. The van der Waals surface area contributed by atoms with Gasteiger partial charge in [-0.15, -0.1) is 0 Å². The molecule has 0 bridgehead atoms. The van der Waals surface area contributed by atoms with Crippen LogP contribution in [0.2, 0.25) is 0 Å². The van der Waals surface area contributed by atoms with E-state index in [1.807, 2.05) is 0 Å². The average molecular weight is 205 g/mol. The van der Waals surface area contributed by atoms with E-state index in [2.05, 4.69) is 17.0 Å². The predicted molar refractivity (Wildman–Crippen MR) is 57.5 cm³/mol. The Kier molecular flexibility index (Phi) is 2.97. The van der Waals surface area contributed by atoms with E-state index in [4.69, 9.17) is 0 Å². The van der Waals surface area contributed by atoms with Gasteiger partial charge in [0.15, 0.2) is 0 Å². The van der Waals surface area contributed by atoms with Crippen molar-refractivity contribution >= 4 is 5.52 Å². The zero-order valence-electron chi connectivity index (χ0n) is 8.80. The van der Waals surface area contributed by atoms with Crippen molar-refractivity contribution < 1.29 is 5.11 Å². The summed E-state index contributed by atoms with van der Waals surface area (Å²) in [6.07, 6.45) is 9.40. The van der Waals surface area contributed by atoms with Crippen molar-refractivity contribution in [3.8, 4) is 0 Å². The van der Waals surface area contributed by atoms with E-state index in [9.17, 15) is 5.11 Å². The molecule has 0 amide bonds. The first kappa shape index (κ1) is 10.1. The van der Waals surface area contributed by atoms with Gasteiger partial charge < -0.3 is 5.11 Å². The molecule has 0 spiro atoms. The fourth-order valence-electron chi connectivity index (χ4n) is 1.66. The molecule has 0 saturated heterocycles. The quantitative estimate of drug-likeness (QED) is 0.830. The zero-order valence-corrected chi connectivity index (χ0v) is 8.80. The lowest BCUT2D eigenvalue weighted by atomic mass is 10.1. The van der Waals surface area contributed by atoms with Crippen LogP contribution in [0.5, 0.6) is 0 Å². The van der Waals surface area contributed by atoms with Crippen molar-refractivity contribution in [2.45, 2.75) is 32.3 Å². The first-order chi connectivity index (χ1) is 7.33. The van der Waals surface area contributed by atoms with E-state index in [1.54, 1.807) is 29.3 Å². The number of hydrogen-bond acceptors (Lipinski definition) is 3. The Morgan fingerprint density at radius 1 is 1.47 bits per heavy atom. The number of unbranched alkanes of at least 4 members (excludes halogenated alkanes) is 1. The maximum absolute atomic E-state index is 9.96. The lowest BCUT2D eigenvalue weighted by Gasteiger charge is -2.07. The summed E-state index contributed by atoms with van der Waals surface area (Å²) >= 11 is 0. The second-order valence-electron chi connectivity index (χ2n) is 3.66. The predicted octanol–water partition coefficient (Wildman–Crippen LogP) is 1.95. The second kappa shape index (κ2) is 4.40. The fourth-order valence-corrected chi connectivity index (χ4v) is 1.66. The molecule has 0 saturated carbocycles. The number of aliphatic hydroxyl groups excluding tert-OH is 1. The van der Waals surface area contributed by atoms with Crippen LogP contribution in [0.4, 0.5) is 0 Å². The number of aromatic nitrogens is 3. The highest BCUT2D eigenvalue weighted by Crippen LogP contribution is 2.22.